The Morgan fingerprint density at radius 1 is 1.26 bits per heavy atom. The van der Waals surface area contributed by atoms with Crippen LogP contribution in [0.1, 0.15) is 76.1 Å². The number of hydrogen-bond donors (Lipinski definition) is 0. The summed E-state index contributed by atoms with van der Waals surface area (Å²) in [6.07, 6.45) is 1.67. The summed E-state index contributed by atoms with van der Waals surface area (Å²) in [6, 6.07) is 1.45. The maximum atomic E-state index is 13.9. The minimum atomic E-state index is -2.72. The lowest BCUT2D eigenvalue weighted by Gasteiger charge is -2.30. The Kier molecular flexibility index (Phi) is 8.14. The van der Waals surface area contributed by atoms with Crippen LogP contribution in [0.15, 0.2) is 16.8 Å². The Morgan fingerprint density at radius 2 is 1.97 bits per heavy atom. The van der Waals surface area contributed by atoms with Gasteiger partial charge < -0.3 is 9.26 Å². The van der Waals surface area contributed by atoms with E-state index in [0.29, 0.717) is 37.1 Å². The third-order valence-corrected chi connectivity index (χ3v) is 5.72. The van der Waals surface area contributed by atoms with Gasteiger partial charge in [0.2, 0.25) is 5.92 Å². The lowest BCUT2D eigenvalue weighted by Crippen LogP contribution is -2.38. The quantitative estimate of drug-likeness (QED) is 0.317. The molecule has 0 saturated heterocycles. The molecular weight excluding hydrogens is 456 g/mol. The molecule has 7 nitrogen and oxygen atoms in total. The van der Waals surface area contributed by atoms with Gasteiger partial charge in [-0.1, -0.05) is 11.6 Å². The van der Waals surface area contributed by atoms with Crippen molar-refractivity contribution in [2.45, 2.75) is 89.8 Å². The summed E-state index contributed by atoms with van der Waals surface area (Å²) < 4.78 is 64.8. The molecule has 1 aliphatic rings. The molecular formula is C23H30F4N4O3. The van der Waals surface area contributed by atoms with Crippen LogP contribution < -0.4 is 4.90 Å². The number of nitrogens with zero attached hydrogens (tertiary/aromatic N) is 4. The molecule has 1 saturated carbocycles. The van der Waals surface area contributed by atoms with Gasteiger partial charge in [-0.2, -0.15) is 4.98 Å². The second-order valence-electron chi connectivity index (χ2n) is 9.18. The number of unbranched alkanes of at least 4 members (excludes halogenated alkanes) is 2. The van der Waals surface area contributed by atoms with Crippen LogP contribution in [0.3, 0.4) is 0 Å². The minimum Gasteiger partial charge on any atom is -0.446 e. The van der Waals surface area contributed by atoms with Crippen molar-refractivity contribution in [3.63, 3.8) is 0 Å². The molecule has 34 heavy (non-hydrogen) atoms. The van der Waals surface area contributed by atoms with E-state index in [2.05, 4.69) is 15.1 Å². The topological polar surface area (TPSA) is 81.4 Å². The standard InChI is InChI=1S/C23H30F4N4O3/c1-15-13-19(28-14-17(15)24)31(21(32)33-16-8-10-23(26,27)11-9-16)12-6-4-5-7-18-29-20(34-30-18)22(2,3)25/h13-14,16H,4-12H2,1-3H3. The number of carbonyl (C=O) groups is 1. The van der Waals surface area contributed by atoms with Gasteiger partial charge in [0.25, 0.3) is 5.89 Å². The summed E-state index contributed by atoms with van der Waals surface area (Å²) in [5.74, 6) is -2.66. The number of carbonyl (C=O) groups excluding carboxylic acids is 1. The fraction of sp³-hybridized carbons (Fsp3) is 0.652. The van der Waals surface area contributed by atoms with Crippen LogP contribution in [0.25, 0.3) is 0 Å². The van der Waals surface area contributed by atoms with Gasteiger partial charge in [-0.3, -0.25) is 4.90 Å². The summed E-state index contributed by atoms with van der Waals surface area (Å²) in [5, 5.41) is 3.77. The largest absolute Gasteiger partial charge is 0.446 e. The number of pyridine rings is 1. The van der Waals surface area contributed by atoms with Gasteiger partial charge in [0.1, 0.15) is 17.7 Å². The number of aryl methyl sites for hydroxylation is 2. The normalized spacial score (nSPS) is 16.4. The number of rotatable bonds is 9. The third kappa shape index (κ3) is 7.14. The summed E-state index contributed by atoms with van der Waals surface area (Å²) in [4.78, 5) is 22.2. The van der Waals surface area contributed by atoms with Crippen LogP contribution in [0.4, 0.5) is 28.2 Å². The van der Waals surface area contributed by atoms with E-state index < -0.39 is 29.6 Å². The first kappa shape index (κ1) is 25.9. The molecule has 0 aromatic carbocycles. The van der Waals surface area contributed by atoms with Crippen molar-refractivity contribution in [2.24, 2.45) is 0 Å². The average Bonchev–Trinajstić information content (AvgIpc) is 3.24. The number of anilines is 1. The molecule has 1 fully saturated rings. The van der Waals surface area contributed by atoms with Crippen molar-refractivity contribution in [3.8, 4) is 0 Å². The molecule has 2 aromatic heterocycles. The van der Waals surface area contributed by atoms with Gasteiger partial charge in [0.15, 0.2) is 11.5 Å². The van der Waals surface area contributed by atoms with Gasteiger partial charge >= 0.3 is 6.09 Å². The Balaban J connectivity index is 1.56. The fourth-order valence-electron chi connectivity index (χ4n) is 3.64. The summed E-state index contributed by atoms with van der Waals surface area (Å²) >= 11 is 0. The predicted molar refractivity (Wildman–Crippen MR) is 116 cm³/mol. The van der Waals surface area contributed by atoms with Crippen LogP contribution in [0, 0.1) is 12.7 Å². The number of amides is 1. The lowest BCUT2D eigenvalue weighted by atomic mass is 9.94. The zero-order valence-electron chi connectivity index (χ0n) is 19.6. The Hall–Kier alpha value is -2.72. The van der Waals surface area contributed by atoms with Crippen molar-refractivity contribution in [1.82, 2.24) is 15.1 Å². The second-order valence-corrected chi connectivity index (χ2v) is 9.18. The first-order valence-electron chi connectivity index (χ1n) is 11.4. The number of ether oxygens (including phenoxy) is 1. The van der Waals surface area contributed by atoms with Crippen molar-refractivity contribution in [3.05, 3.63) is 35.4 Å². The molecule has 188 valence electrons. The van der Waals surface area contributed by atoms with Crippen molar-refractivity contribution in [2.75, 3.05) is 11.4 Å². The molecule has 0 unspecified atom stereocenters. The fourth-order valence-corrected chi connectivity index (χ4v) is 3.64. The van der Waals surface area contributed by atoms with Crippen molar-refractivity contribution >= 4 is 11.9 Å². The highest BCUT2D eigenvalue weighted by Gasteiger charge is 2.37. The van der Waals surface area contributed by atoms with E-state index >= 15 is 0 Å². The van der Waals surface area contributed by atoms with E-state index in [1.165, 1.54) is 24.8 Å². The zero-order valence-corrected chi connectivity index (χ0v) is 19.6. The van der Waals surface area contributed by atoms with Crippen LogP contribution in [0.5, 0.6) is 0 Å². The van der Waals surface area contributed by atoms with Gasteiger partial charge in [-0.15, -0.1) is 0 Å². The molecule has 0 atom stereocenters. The maximum Gasteiger partial charge on any atom is 0.415 e. The molecule has 1 aliphatic carbocycles. The Labute approximate surface area is 195 Å². The van der Waals surface area contributed by atoms with Crippen molar-refractivity contribution < 1.29 is 31.6 Å². The molecule has 0 aliphatic heterocycles. The van der Waals surface area contributed by atoms with E-state index in [0.717, 1.165) is 6.20 Å². The van der Waals surface area contributed by atoms with Crippen molar-refractivity contribution in [1.29, 1.82) is 0 Å². The molecule has 2 aromatic rings. The third-order valence-electron chi connectivity index (χ3n) is 5.72. The summed E-state index contributed by atoms with van der Waals surface area (Å²) in [7, 11) is 0. The molecule has 0 N–H and O–H groups in total. The Bertz CT molecular complexity index is 967. The van der Waals surface area contributed by atoms with Gasteiger partial charge in [-0.25, -0.2) is 27.3 Å². The van der Waals surface area contributed by atoms with E-state index in [9.17, 15) is 22.4 Å². The molecule has 0 spiro atoms. The first-order chi connectivity index (χ1) is 15.9. The number of halogens is 4. The minimum absolute atomic E-state index is 0.0744. The van der Waals surface area contributed by atoms with Crippen LogP contribution in [-0.4, -0.2) is 39.8 Å². The van der Waals surface area contributed by atoms with Crippen LogP contribution >= 0.6 is 0 Å². The van der Waals surface area contributed by atoms with E-state index in [1.807, 2.05) is 0 Å². The average molecular weight is 487 g/mol. The molecule has 11 heteroatoms. The first-order valence-corrected chi connectivity index (χ1v) is 11.4. The Morgan fingerprint density at radius 3 is 2.59 bits per heavy atom. The number of alkyl halides is 3. The van der Waals surface area contributed by atoms with Gasteiger partial charge in [0.05, 0.1) is 6.20 Å². The molecule has 0 radical (unpaired) electrons. The predicted octanol–water partition coefficient (Wildman–Crippen LogP) is 6.05. The lowest BCUT2D eigenvalue weighted by molar-refractivity contribution is -0.0648. The van der Waals surface area contributed by atoms with Gasteiger partial charge in [-0.05, 0) is 58.1 Å². The van der Waals surface area contributed by atoms with E-state index in [4.69, 9.17) is 9.26 Å². The SMILES string of the molecule is Cc1cc(N(CCCCCc2noc(C(C)(C)F)n2)C(=O)OC2CCC(F)(F)CC2)ncc1F. The number of aromatic nitrogens is 3. The highest BCUT2D eigenvalue weighted by molar-refractivity contribution is 5.86. The molecule has 1 amide bonds. The zero-order chi connectivity index (χ0) is 24.9. The maximum absolute atomic E-state index is 13.9. The van der Waals surface area contributed by atoms with Gasteiger partial charge in [0, 0.05) is 25.8 Å². The molecule has 2 heterocycles. The smallest absolute Gasteiger partial charge is 0.415 e. The summed E-state index contributed by atoms with van der Waals surface area (Å²) in [5.41, 5.74) is -1.38. The summed E-state index contributed by atoms with van der Waals surface area (Å²) in [6.45, 7) is 4.48. The van der Waals surface area contributed by atoms with Crippen LogP contribution in [0.2, 0.25) is 0 Å². The monoisotopic (exact) mass is 486 g/mol. The molecule has 0 bridgehead atoms. The van der Waals surface area contributed by atoms with E-state index in [1.54, 1.807) is 6.92 Å². The van der Waals surface area contributed by atoms with E-state index in [-0.39, 0.29) is 43.9 Å². The van der Waals surface area contributed by atoms with Crippen LogP contribution in [-0.2, 0) is 16.8 Å². The highest BCUT2D eigenvalue weighted by atomic mass is 19.3. The number of hydrogen-bond acceptors (Lipinski definition) is 6. The molecule has 3 rings (SSSR count). The highest BCUT2D eigenvalue weighted by Crippen LogP contribution is 2.34. The second kappa shape index (κ2) is 10.7.